The lowest BCUT2D eigenvalue weighted by atomic mass is 10.1. The number of rotatable bonds is 4. The maximum atomic E-state index is 12.3. The van der Waals surface area contributed by atoms with E-state index in [1.807, 2.05) is 47.4 Å². The summed E-state index contributed by atoms with van der Waals surface area (Å²) >= 11 is 0. The van der Waals surface area contributed by atoms with Crippen LogP contribution in [0.15, 0.2) is 59.4 Å². The number of carbonyl (C=O) groups excluding carboxylic acids is 1. The number of amides is 1. The van der Waals surface area contributed by atoms with Gasteiger partial charge in [-0.1, -0.05) is 18.2 Å². The predicted molar refractivity (Wildman–Crippen MR) is 113 cm³/mol. The van der Waals surface area contributed by atoms with E-state index in [-0.39, 0.29) is 11.5 Å². The Morgan fingerprint density at radius 1 is 1.04 bits per heavy atom. The lowest BCUT2D eigenvalue weighted by Crippen LogP contribution is -2.48. The van der Waals surface area contributed by atoms with E-state index in [1.165, 1.54) is 0 Å². The van der Waals surface area contributed by atoms with Crippen molar-refractivity contribution in [3.63, 3.8) is 0 Å². The maximum Gasteiger partial charge on any atom is 0.253 e. The quantitative estimate of drug-likeness (QED) is 0.735. The summed E-state index contributed by atoms with van der Waals surface area (Å²) < 4.78 is 0. The smallest absolute Gasteiger partial charge is 0.253 e. The third-order valence-electron chi connectivity index (χ3n) is 5.27. The molecule has 0 unspecified atom stereocenters. The second-order valence-corrected chi connectivity index (χ2v) is 7.10. The van der Waals surface area contributed by atoms with Crippen molar-refractivity contribution >= 4 is 28.2 Å². The summed E-state index contributed by atoms with van der Waals surface area (Å²) in [4.78, 5) is 30.8. The fourth-order valence-electron chi connectivity index (χ4n) is 3.59. The Hall–Kier alpha value is -3.28. The Morgan fingerprint density at radius 3 is 2.46 bits per heavy atom. The molecular weight excluding hydrogens is 352 g/mol. The summed E-state index contributed by atoms with van der Waals surface area (Å²) in [6, 6.07) is 17.9. The van der Waals surface area contributed by atoms with Gasteiger partial charge in [0.25, 0.3) is 5.56 Å². The van der Waals surface area contributed by atoms with Gasteiger partial charge in [-0.15, -0.1) is 0 Å². The molecule has 1 aromatic heterocycles. The van der Waals surface area contributed by atoms with Gasteiger partial charge in [-0.05, 0) is 41.8 Å². The Balaban J connectivity index is 1.39. The van der Waals surface area contributed by atoms with Gasteiger partial charge in [-0.25, -0.2) is 0 Å². The van der Waals surface area contributed by atoms with Crippen LogP contribution in [0, 0.1) is 0 Å². The molecule has 4 rings (SSSR count). The molecule has 0 saturated carbocycles. The van der Waals surface area contributed by atoms with Gasteiger partial charge in [0, 0.05) is 62.1 Å². The summed E-state index contributed by atoms with van der Waals surface area (Å²) in [5.74, 6) is 0.142. The molecule has 0 radical (unpaired) electrons. The number of carbonyl (C=O) groups is 1. The monoisotopic (exact) mass is 376 g/mol. The molecule has 3 aromatic rings. The number of fused-ring (bicyclic) bond motifs is 1. The number of nitrogens with one attached hydrogen (secondary N) is 2. The van der Waals surface area contributed by atoms with Gasteiger partial charge in [-0.3, -0.25) is 9.59 Å². The summed E-state index contributed by atoms with van der Waals surface area (Å²) in [5.41, 5.74) is 3.62. The molecule has 1 aliphatic rings. The van der Waals surface area contributed by atoms with E-state index >= 15 is 0 Å². The molecule has 1 aliphatic heterocycles. The Morgan fingerprint density at radius 2 is 1.75 bits per heavy atom. The first-order valence-corrected chi connectivity index (χ1v) is 9.55. The van der Waals surface area contributed by atoms with Gasteiger partial charge in [0.05, 0.1) is 0 Å². The van der Waals surface area contributed by atoms with Crippen LogP contribution in [-0.4, -0.2) is 42.0 Å². The number of piperazine rings is 1. The largest absolute Gasteiger partial charge is 0.381 e. The molecule has 6 nitrogen and oxygen atoms in total. The summed E-state index contributed by atoms with van der Waals surface area (Å²) in [5, 5.41) is 4.35. The third-order valence-corrected chi connectivity index (χ3v) is 5.27. The number of pyridine rings is 1. The first-order valence-electron chi connectivity index (χ1n) is 9.55. The van der Waals surface area contributed by atoms with E-state index in [1.54, 1.807) is 6.92 Å². The van der Waals surface area contributed by atoms with Crippen LogP contribution in [0.25, 0.3) is 10.9 Å². The number of para-hydroxylation sites is 1. The van der Waals surface area contributed by atoms with E-state index < -0.39 is 0 Å². The van der Waals surface area contributed by atoms with Crippen molar-refractivity contribution in [3.8, 4) is 0 Å². The van der Waals surface area contributed by atoms with E-state index in [0.29, 0.717) is 12.1 Å². The van der Waals surface area contributed by atoms with E-state index in [2.05, 4.69) is 27.3 Å². The molecule has 1 saturated heterocycles. The first-order chi connectivity index (χ1) is 13.6. The normalized spacial score (nSPS) is 14.3. The number of aromatic amines is 1. The molecule has 0 bridgehead atoms. The number of benzene rings is 2. The Labute approximate surface area is 163 Å². The average Bonchev–Trinajstić information content (AvgIpc) is 2.72. The number of hydrogen-bond donors (Lipinski definition) is 2. The molecule has 1 amide bonds. The van der Waals surface area contributed by atoms with Gasteiger partial charge >= 0.3 is 0 Å². The van der Waals surface area contributed by atoms with Crippen molar-refractivity contribution in [1.82, 2.24) is 9.88 Å². The second-order valence-electron chi connectivity index (χ2n) is 7.10. The van der Waals surface area contributed by atoms with Crippen molar-refractivity contribution in [2.75, 3.05) is 36.4 Å². The minimum atomic E-state index is -0.0637. The fourth-order valence-corrected chi connectivity index (χ4v) is 3.59. The lowest BCUT2D eigenvalue weighted by Gasteiger charge is -2.35. The highest BCUT2D eigenvalue weighted by Crippen LogP contribution is 2.20. The minimum Gasteiger partial charge on any atom is -0.381 e. The SMILES string of the molecule is CC(=O)N1CCN(c2ccc(NCc3cc4ccccc4[nH]c3=O)cc2)CC1. The number of nitrogens with zero attached hydrogens (tertiary/aromatic N) is 2. The molecule has 1 fully saturated rings. The van der Waals surface area contributed by atoms with Gasteiger partial charge in [0.1, 0.15) is 0 Å². The van der Waals surface area contributed by atoms with E-state index in [0.717, 1.165) is 48.5 Å². The van der Waals surface area contributed by atoms with Gasteiger partial charge < -0.3 is 20.1 Å². The van der Waals surface area contributed by atoms with Gasteiger partial charge in [0.2, 0.25) is 5.91 Å². The van der Waals surface area contributed by atoms with Crippen LogP contribution in [0.3, 0.4) is 0 Å². The third kappa shape index (κ3) is 3.86. The zero-order chi connectivity index (χ0) is 19.5. The van der Waals surface area contributed by atoms with Crippen LogP contribution in [0.5, 0.6) is 0 Å². The molecular formula is C22H24N4O2. The highest BCUT2D eigenvalue weighted by atomic mass is 16.2. The van der Waals surface area contributed by atoms with Crippen LogP contribution >= 0.6 is 0 Å². The van der Waals surface area contributed by atoms with Crippen LogP contribution in [0.2, 0.25) is 0 Å². The molecule has 28 heavy (non-hydrogen) atoms. The summed E-state index contributed by atoms with van der Waals surface area (Å²) in [6.07, 6.45) is 0. The van der Waals surface area contributed by atoms with Crippen LogP contribution in [-0.2, 0) is 11.3 Å². The minimum absolute atomic E-state index is 0.0637. The summed E-state index contributed by atoms with van der Waals surface area (Å²) in [7, 11) is 0. The van der Waals surface area contributed by atoms with Crippen molar-refractivity contribution in [2.45, 2.75) is 13.5 Å². The predicted octanol–water partition coefficient (Wildman–Crippen LogP) is 2.81. The highest BCUT2D eigenvalue weighted by Gasteiger charge is 2.18. The zero-order valence-corrected chi connectivity index (χ0v) is 15.9. The molecule has 0 aliphatic carbocycles. The van der Waals surface area contributed by atoms with Crippen LogP contribution in [0.1, 0.15) is 12.5 Å². The van der Waals surface area contributed by atoms with E-state index in [9.17, 15) is 9.59 Å². The maximum absolute atomic E-state index is 12.3. The molecule has 2 heterocycles. The van der Waals surface area contributed by atoms with Gasteiger partial charge in [-0.2, -0.15) is 0 Å². The first kappa shape index (κ1) is 18.1. The highest BCUT2D eigenvalue weighted by molar-refractivity contribution is 5.78. The van der Waals surface area contributed by atoms with Crippen molar-refractivity contribution in [3.05, 3.63) is 70.5 Å². The summed E-state index contributed by atoms with van der Waals surface area (Å²) in [6.45, 7) is 5.31. The topological polar surface area (TPSA) is 68.4 Å². The number of hydrogen-bond acceptors (Lipinski definition) is 4. The van der Waals surface area contributed by atoms with Crippen molar-refractivity contribution in [2.24, 2.45) is 0 Å². The van der Waals surface area contributed by atoms with Gasteiger partial charge in [0.15, 0.2) is 0 Å². The van der Waals surface area contributed by atoms with E-state index in [4.69, 9.17) is 0 Å². The Kier molecular flexibility index (Phi) is 5.02. The number of H-pyrrole nitrogens is 1. The van der Waals surface area contributed by atoms with Crippen LogP contribution < -0.4 is 15.8 Å². The lowest BCUT2D eigenvalue weighted by molar-refractivity contribution is -0.129. The molecule has 2 aromatic carbocycles. The zero-order valence-electron chi connectivity index (χ0n) is 15.9. The Bertz CT molecular complexity index is 1030. The average molecular weight is 376 g/mol. The van der Waals surface area contributed by atoms with Crippen molar-refractivity contribution < 1.29 is 4.79 Å². The molecule has 2 N–H and O–H groups in total. The molecule has 6 heteroatoms. The molecule has 144 valence electrons. The number of anilines is 2. The standard InChI is InChI=1S/C22H24N4O2/c1-16(27)25-10-12-26(13-11-25)20-8-6-19(7-9-20)23-15-18-14-17-4-2-3-5-21(17)24-22(18)28/h2-9,14,23H,10-13,15H2,1H3,(H,24,28). The number of aromatic nitrogens is 1. The fraction of sp³-hybridized carbons (Fsp3) is 0.273. The molecule has 0 spiro atoms. The van der Waals surface area contributed by atoms with Crippen LogP contribution in [0.4, 0.5) is 11.4 Å². The molecule has 0 atom stereocenters. The second kappa shape index (κ2) is 7.76. The van der Waals surface area contributed by atoms with Crippen molar-refractivity contribution in [1.29, 1.82) is 0 Å².